The minimum absolute atomic E-state index is 0.00116. The molecule has 0 amide bonds. The van der Waals surface area contributed by atoms with E-state index in [1.165, 1.54) is 0 Å². The van der Waals surface area contributed by atoms with Gasteiger partial charge in [0.1, 0.15) is 0 Å². The lowest BCUT2D eigenvalue weighted by Crippen LogP contribution is -2.32. The fourth-order valence-electron chi connectivity index (χ4n) is 0.687. The smallest absolute Gasteiger partial charge is 0.0694 e. The normalized spacial score (nSPS) is 11.6. The van der Waals surface area contributed by atoms with Crippen molar-refractivity contribution in [3.8, 4) is 0 Å². The van der Waals surface area contributed by atoms with E-state index in [1.54, 1.807) is 0 Å². The minimum Gasteiger partial charge on any atom is -0.396 e. The zero-order chi connectivity index (χ0) is 8.74. The number of rotatable bonds is 6. The first-order valence-corrected chi connectivity index (χ1v) is 4.05. The van der Waals surface area contributed by atoms with E-state index in [2.05, 4.69) is 12.2 Å². The summed E-state index contributed by atoms with van der Waals surface area (Å²) >= 11 is 0. The highest BCUT2D eigenvalue weighted by Crippen LogP contribution is 2.10. The number of aliphatic hydroxyl groups excluding tert-OH is 1. The predicted octanol–water partition coefficient (Wildman–Crippen LogP) is 1.02. The van der Waals surface area contributed by atoms with E-state index < -0.39 is 0 Å². The van der Waals surface area contributed by atoms with Crippen LogP contribution in [0.5, 0.6) is 0 Å². The molecule has 0 spiro atoms. The van der Waals surface area contributed by atoms with Gasteiger partial charge in [0.25, 0.3) is 0 Å². The molecule has 11 heavy (non-hydrogen) atoms. The van der Waals surface area contributed by atoms with Crippen molar-refractivity contribution < 1.29 is 5.11 Å². The second-order valence-corrected chi connectivity index (χ2v) is 3.58. The Hall–Kier alpha value is -0.210. The van der Waals surface area contributed by atoms with E-state index in [1.807, 2.05) is 20.3 Å². The van der Waals surface area contributed by atoms with Crippen molar-refractivity contribution in [3.63, 3.8) is 0 Å². The maximum Gasteiger partial charge on any atom is 0.0694 e. The van der Waals surface area contributed by atoms with E-state index >= 15 is 0 Å². The topological polar surface area (TPSA) is 32.3 Å². The SMILES string of the molecule is [CH2-][CH+]CCNCC(C)(C)CO. The Kier molecular flexibility index (Phi) is 5.34. The molecule has 2 heteroatoms. The number of hydrogen-bond donors (Lipinski definition) is 2. The van der Waals surface area contributed by atoms with Gasteiger partial charge in [0.2, 0.25) is 0 Å². The quantitative estimate of drug-likeness (QED) is 0.446. The first kappa shape index (κ1) is 10.8. The van der Waals surface area contributed by atoms with Crippen molar-refractivity contribution in [2.24, 2.45) is 5.41 Å². The molecule has 0 aliphatic heterocycles. The maximum atomic E-state index is 8.89. The highest BCUT2D eigenvalue weighted by atomic mass is 16.3. The van der Waals surface area contributed by atoms with Crippen LogP contribution in [0.25, 0.3) is 0 Å². The number of nitrogens with one attached hydrogen (secondary N) is 1. The van der Waals surface area contributed by atoms with E-state index in [-0.39, 0.29) is 12.0 Å². The first-order chi connectivity index (χ1) is 5.12. The number of unbranched alkanes of at least 4 members (excludes halogenated alkanes) is 1. The van der Waals surface area contributed by atoms with E-state index in [4.69, 9.17) is 5.11 Å². The minimum atomic E-state index is 0.00116. The number of hydrogen-bond acceptors (Lipinski definition) is 2. The molecule has 2 N–H and O–H groups in total. The van der Waals surface area contributed by atoms with Crippen molar-refractivity contribution in [1.82, 2.24) is 5.32 Å². The molecule has 0 saturated carbocycles. The van der Waals surface area contributed by atoms with Gasteiger partial charge in [-0.25, -0.2) is 0 Å². The van der Waals surface area contributed by atoms with Gasteiger partial charge < -0.3 is 10.4 Å². The Balaban J connectivity index is 3.23. The van der Waals surface area contributed by atoms with Gasteiger partial charge in [0, 0.05) is 25.1 Å². The zero-order valence-corrected chi connectivity index (χ0v) is 7.56. The summed E-state index contributed by atoms with van der Waals surface area (Å²) in [5.41, 5.74) is 0.00116. The molecule has 0 rings (SSSR count). The Morgan fingerprint density at radius 2 is 2.18 bits per heavy atom. The van der Waals surface area contributed by atoms with Crippen LogP contribution in [0, 0.1) is 18.8 Å². The highest BCUT2D eigenvalue weighted by Gasteiger charge is 2.14. The van der Waals surface area contributed by atoms with Crippen LogP contribution in [0.15, 0.2) is 0 Å². The molecule has 0 atom stereocenters. The Bertz CT molecular complexity index is 91.6. The summed E-state index contributed by atoms with van der Waals surface area (Å²) in [5, 5.41) is 12.1. The van der Waals surface area contributed by atoms with Crippen molar-refractivity contribution in [2.75, 3.05) is 19.7 Å². The van der Waals surface area contributed by atoms with Crippen LogP contribution in [0.2, 0.25) is 0 Å². The molecule has 0 aromatic rings. The standard InChI is InChI=1S/C9H19NO/c1-4-5-6-10-7-9(2,3)8-11/h4,10-11H,1,5-8H2,2-3H3. The van der Waals surface area contributed by atoms with E-state index in [0.29, 0.717) is 0 Å². The Labute approximate surface area is 70.0 Å². The molecule has 0 saturated heterocycles. The molecule has 0 aliphatic rings. The Morgan fingerprint density at radius 1 is 1.55 bits per heavy atom. The fraction of sp³-hybridized carbons (Fsp3) is 0.778. The third-order valence-corrected chi connectivity index (χ3v) is 1.56. The van der Waals surface area contributed by atoms with Crippen molar-refractivity contribution in [2.45, 2.75) is 20.3 Å². The van der Waals surface area contributed by atoms with Gasteiger partial charge in [-0.15, -0.1) is 6.92 Å². The van der Waals surface area contributed by atoms with Crippen molar-refractivity contribution in [1.29, 1.82) is 0 Å². The summed E-state index contributed by atoms with van der Waals surface area (Å²) in [7, 11) is 0. The lowest BCUT2D eigenvalue weighted by molar-refractivity contribution is 0.157. The van der Waals surface area contributed by atoms with Crippen molar-refractivity contribution >= 4 is 0 Å². The molecular formula is C9H19NO. The van der Waals surface area contributed by atoms with Gasteiger partial charge in [0.05, 0.1) is 6.42 Å². The van der Waals surface area contributed by atoms with Crippen molar-refractivity contribution in [3.05, 3.63) is 13.3 Å². The first-order valence-electron chi connectivity index (χ1n) is 4.05. The lowest BCUT2D eigenvalue weighted by atomic mass is 9.95. The molecule has 66 valence electrons. The average molecular weight is 157 g/mol. The summed E-state index contributed by atoms with van der Waals surface area (Å²) in [5.74, 6) is 0. The Morgan fingerprint density at radius 3 is 2.64 bits per heavy atom. The second-order valence-electron chi connectivity index (χ2n) is 3.58. The molecule has 0 bridgehead atoms. The molecule has 0 fully saturated rings. The summed E-state index contributed by atoms with van der Waals surface area (Å²) in [6.07, 6.45) is 2.88. The molecule has 2 nitrogen and oxygen atoms in total. The third kappa shape index (κ3) is 6.20. The number of aliphatic hydroxyl groups is 1. The van der Waals surface area contributed by atoms with Gasteiger partial charge >= 0.3 is 0 Å². The van der Waals surface area contributed by atoms with E-state index in [9.17, 15) is 0 Å². The highest BCUT2D eigenvalue weighted by molar-refractivity contribution is 4.72. The fourth-order valence-corrected chi connectivity index (χ4v) is 0.687. The van der Waals surface area contributed by atoms with Gasteiger partial charge in [-0.2, -0.15) is 0 Å². The molecule has 0 aromatic heterocycles. The van der Waals surface area contributed by atoms with Gasteiger partial charge in [-0.1, -0.05) is 20.3 Å². The molecule has 0 heterocycles. The largest absolute Gasteiger partial charge is 0.396 e. The second kappa shape index (κ2) is 5.44. The summed E-state index contributed by atoms with van der Waals surface area (Å²) in [6.45, 7) is 9.74. The maximum absolute atomic E-state index is 8.89. The van der Waals surface area contributed by atoms with Gasteiger partial charge in [0.15, 0.2) is 0 Å². The molecule has 0 aliphatic carbocycles. The lowest BCUT2D eigenvalue weighted by Gasteiger charge is -2.21. The molecule has 0 radical (unpaired) electrons. The van der Waals surface area contributed by atoms with Crippen LogP contribution in [0.4, 0.5) is 0 Å². The summed E-state index contributed by atoms with van der Waals surface area (Å²) in [6, 6.07) is 0. The van der Waals surface area contributed by atoms with Crippen LogP contribution in [0.1, 0.15) is 20.3 Å². The predicted molar refractivity (Wildman–Crippen MR) is 48.0 cm³/mol. The van der Waals surface area contributed by atoms with Gasteiger partial charge in [-0.3, -0.25) is 0 Å². The van der Waals surface area contributed by atoms with Crippen LogP contribution in [-0.2, 0) is 0 Å². The monoisotopic (exact) mass is 157 g/mol. The van der Waals surface area contributed by atoms with Crippen LogP contribution >= 0.6 is 0 Å². The summed E-state index contributed by atoms with van der Waals surface area (Å²) in [4.78, 5) is 0. The van der Waals surface area contributed by atoms with E-state index in [0.717, 1.165) is 19.5 Å². The van der Waals surface area contributed by atoms with Crippen LogP contribution in [0.3, 0.4) is 0 Å². The molecule has 0 unspecified atom stereocenters. The van der Waals surface area contributed by atoms with Gasteiger partial charge in [-0.05, 0) is 0 Å². The third-order valence-electron chi connectivity index (χ3n) is 1.56. The molecule has 0 aromatic carbocycles. The molecular weight excluding hydrogens is 138 g/mol. The van der Waals surface area contributed by atoms with Crippen LogP contribution in [-0.4, -0.2) is 24.8 Å². The zero-order valence-electron chi connectivity index (χ0n) is 7.56. The van der Waals surface area contributed by atoms with Crippen LogP contribution < -0.4 is 5.32 Å². The average Bonchev–Trinajstić information content (AvgIpc) is 1.99. The summed E-state index contributed by atoms with van der Waals surface area (Å²) < 4.78 is 0.